The number of rotatable bonds is 8. The predicted molar refractivity (Wildman–Crippen MR) is 76.8 cm³/mol. The third kappa shape index (κ3) is 5.17. The molecule has 0 fully saturated rings. The Hall–Kier alpha value is -0.900. The van der Waals surface area contributed by atoms with E-state index in [9.17, 15) is 0 Å². The summed E-state index contributed by atoms with van der Waals surface area (Å²) in [4.78, 5) is 2.34. The Morgan fingerprint density at radius 2 is 1.89 bits per heavy atom. The van der Waals surface area contributed by atoms with Crippen LogP contribution in [0.4, 0.5) is 0 Å². The van der Waals surface area contributed by atoms with Crippen LogP contribution in [0.25, 0.3) is 0 Å². The normalized spacial score (nSPS) is 13.2. The summed E-state index contributed by atoms with van der Waals surface area (Å²) in [5, 5.41) is 3.52. The minimum absolute atomic E-state index is 0.392. The smallest absolute Gasteiger partial charge is 0.0589 e. The summed E-state index contributed by atoms with van der Waals surface area (Å²) in [6.45, 7) is 7.02. The van der Waals surface area contributed by atoms with E-state index in [0.29, 0.717) is 12.1 Å². The summed E-state index contributed by atoms with van der Waals surface area (Å²) in [5.74, 6) is 0. The molecule has 18 heavy (non-hydrogen) atoms. The van der Waals surface area contributed by atoms with Gasteiger partial charge in [0.25, 0.3) is 0 Å². The lowest BCUT2D eigenvalue weighted by molar-refractivity contribution is 0.137. The highest BCUT2D eigenvalue weighted by atomic mass is 16.5. The predicted octanol–water partition coefficient (Wildman–Crippen LogP) is 2.30. The lowest BCUT2D eigenvalue weighted by atomic mass is 10.1. The molecule has 0 amide bonds. The van der Waals surface area contributed by atoms with Crippen LogP contribution in [0.15, 0.2) is 30.3 Å². The average molecular weight is 250 g/mol. The third-order valence-electron chi connectivity index (χ3n) is 3.08. The molecule has 3 heteroatoms. The van der Waals surface area contributed by atoms with E-state index in [1.165, 1.54) is 5.56 Å². The van der Waals surface area contributed by atoms with Crippen molar-refractivity contribution in [3.05, 3.63) is 35.9 Å². The van der Waals surface area contributed by atoms with Crippen LogP contribution in [0.1, 0.15) is 25.5 Å². The number of likely N-dealkylation sites (N-methyl/N-ethyl adjacent to an activating group) is 1. The number of benzene rings is 1. The van der Waals surface area contributed by atoms with Crippen LogP contribution >= 0.6 is 0 Å². The Labute approximate surface area is 111 Å². The molecule has 0 saturated heterocycles. The Morgan fingerprint density at radius 3 is 2.44 bits per heavy atom. The van der Waals surface area contributed by atoms with E-state index in [1.807, 2.05) is 0 Å². The Morgan fingerprint density at radius 1 is 1.22 bits per heavy atom. The van der Waals surface area contributed by atoms with Crippen molar-refractivity contribution in [3.8, 4) is 0 Å². The van der Waals surface area contributed by atoms with Gasteiger partial charge in [0.05, 0.1) is 6.61 Å². The zero-order chi connectivity index (χ0) is 13.4. The van der Waals surface area contributed by atoms with Gasteiger partial charge in [0.1, 0.15) is 0 Å². The second kappa shape index (κ2) is 8.25. The molecule has 0 heterocycles. The zero-order valence-corrected chi connectivity index (χ0v) is 12.0. The van der Waals surface area contributed by atoms with E-state index in [2.05, 4.69) is 61.4 Å². The van der Waals surface area contributed by atoms with E-state index < -0.39 is 0 Å². The van der Waals surface area contributed by atoms with Crippen LogP contribution in [-0.4, -0.2) is 44.8 Å². The van der Waals surface area contributed by atoms with Crippen molar-refractivity contribution in [3.63, 3.8) is 0 Å². The van der Waals surface area contributed by atoms with Crippen molar-refractivity contribution in [2.45, 2.75) is 25.9 Å². The molecule has 0 aliphatic heterocycles. The molecule has 1 rings (SSSR count). The van der Waals surface area contributed by atoms with Crippen LogP contribution in [0.5, 0.6) is 0 Å². The van der Waals surface area contributed by atoms with Gasteiger partial charge in [-0.15, -0.1) is 0 Å². The maximum absolute atomic E-state index is 5.16. The second-order valence-corrected chi connectivity index (χ2v) is 4.96. The summed E-state index contributed by atoms with van der Waals surface area (Å²) < 4.78 is 5.16. The minimum atomic E-state index is 0.392. The number of methoxy groups -OCH3 is 1. The van der Waals surface area contributed by atoms with Gasteiger partial charge in [0, 0.05) is 32.3 Å². The molecular weight excluding hydrogens is 224 g/mol. The molecule has 0 spiro atoms. The molecule has 102 valence electrons. The molecule has 1 aromatic rings. The summed E-state index contributed by atoms with van der Waals surface area (Å²) in [6, 6.07) is 11.5. The molecule has 1 atom stereocenters. The Balaban J connectivity index is 2.68. The maximum Gasteiger partial charge on any atom is 0.0589 e. The molecular formula is C15H26N2O. The van der Waals surface area contributed by atoms with Gasteiger partial charge in [-0.25, -0.2) is 0 Å². The monoisotopic (exact) mass is 250 g/mol. The third-order valence-corrected chi connectivity index (χ3v) is 3.08. The van der Waals surface area contributed by atoms with Crippen LogP contribution in [0.3, 0.4) is 0 Å². The van der Waals surface area contributed by atoms with Crippen molar-refractivity contribution in [2.75, 3.05) is 33.9 Å². The molecule has 1 N–H and O–H groups in total. The van der Waals surface area contributed by atoms with Gasteiger partial charge < -0.3 is 10.1 Å². The molecule has 3 nitrogen and oxygen atoms in total. The van der Waals surface area contributed by atoms with Crippen molar-refractivity contribution < 1.29 is 4.74 Å². The molecule has 1 aromatic carbocycles. The second-order valence-electron chi connectivity index (χ2n) is 4.96. The first-order chi connectivity index (χ1) is 8.65. The maximum atomic E-state index is 5.16. The number of nitrogens with one attached hydrogen (secondary N) is 1. The Kier molecular flexibility index (Phi) is 6.94. The SMILES string of the molecule is COCCN(C)C(CNC(C)C)c1ccccc1. The van der Waals surface area contributed by atoms with Gasteiger partial charge in [-0.05, 0) is 12.6 Å². The van der Waals surface area contributed by atoms with Gasteiger partial charge in [0.15, 0.2) is 0 Å². The first-order valence-corrected chi connectivity index (χ1v) is 6.62. The van der Waals surface area contributed by atoms with Crippen LogP contribution < -0.4 is 5.32 Å². The minimum Gasteiger partial charge on any atom is -0.383 e. The molecule has 0 aromatic heterocycles. The Bertz CT molecular complexity index is 314. The van der Waals surface area contributed by atoms with Crippen molar-refractivity contribution in [2.24, 2.45) is 0 Å². The van der Waals surface area contributed by atoms with E-state index in [0.717, 1.165) is 19.7 Å². The van der Waals surface area contributed by atoms with E-state index in [4.69, 9.17) is 4.74 Å². The molecule has 0 aliphatic carbocycles. The highest BCUT2D eigenvalue weighted by Crippen LogP contribution is 2.18. The van der Waals surface area contributed by atoms with Crippen molar-refractivity contribution in [1.82, 2.24) is 10.2 Å². The summed E-state index contributed by atoms with van der Waals surface area (Å²) >= 11 is 0. The molecule has 1 unspecified atom stereocenters. The van der Waals surface area contributed by atoms with E-state index >= 15 is 0 Å². The van der Waals surface area contributed by atoms with Crippen LogP contribution in [0.2, 0.25) is 0 Å². The molecule has 0 radical (unpaired) electrons. The lowest BCUT2D eigenvalue weighted by Crippen LogP contribution is -2.37. The highest BCUT2D eigenvalue weighted by Gasteiger charge is 2.16. The number of ether oxygens (including phenoxy) is 1. The van der Waals surface area contributed by atoms with Crippen molar-refractivity contribution in [1.29, 1.82) is 0 Å². The highest BCUT2D eigenvalue weighted by molar-refractivity contribution is 5.19. The van der Waals surface area contributed by atoms with Gasteiger partial charge in [0.2, 0.25) is 0 Å². The molecule has 0 bridgehead atoms. The van der Waals surface area contributed by atoms with Gasteiger partial charge in [-0.2, -0.15) is 0 Å². The molecule has 0 aliphatic rings. The lowest BCUT2D eigenvalue weighted by Gasteiger charge is -2.29. The van der Waals surface area contributed by atoms with Crippen LogP contribution in [0, 0.1) is 0 Å². The van der Waals surface area contributed by atoms with E-state index in [-0.39, 0.29) is 0 Å². The first-order valence-electron chi connectivity index (χ1n) is 6.62. The fraction of sp³-hybridized carbons (Fsp3) is 0.600. The average Bonchev–Trinajstić information content (AvgIpc) is 2.37. The number of nitrogens with zero attached hydrogens (tertiary/aromatic N) is 1. The van der Waals surface area contributed by atoms with Gasteiger partial charge in [-0.1, -0.05) is 44.2 Å². The zero-order valence-electron chi connectivity index (χ0n) is 12.0. The topological polar surface area (TPSA) is 24.5 Å². The summed E-state index contributed by atoms with van der Waals surface area (Å²) in [5.41, 5.74) is 1.35. The fourth-order valence-corrected chi connectivity index (χ4v) is 1.94. The van der Waals surface area contributed by atoms with Gasteiger partial charge in [-0.3, -0.25) is 4.90 Å². The summed E-state index contributed by atoms with van der Waals surface area (Å²) in [6.07, 6.45) is 0. The standard InChI is InChI=1S/C15H26N2O/c1-13(2)16-12-15(17(3)10-11-18-4)14-8-6-5-7-9-14/h5-9,13,15-16H,10-12H2,1-4H3. The molecule has 0 saturated carbocycles. The first kappa shape index (κ1) is 15.2. The van der Waals surface area contributed by atoms with Crippen LogP contribution in [-0.2, 0) is 4.74 Å². The summed E-state index contributed by atoms with van der Waals surface area (Å²) in [7, 11) is 3.90. The van der Waals surface area contributed by atoms with E-state index in [1.54, 1.807) is 7.11 Å². The van der Waals surface area contributed by atoms with Crippen molar-refractivity contribution >= 4 is 0 Å². The quantitative estimate of drug-likeness (QED) is 0.766. The van der Waals surface area contributed by atoms with Gasteiger partial charge >= 0.3 is 0 Å². The number of hydrogen-bond acceptors (Lipinski definition) is 3. The number of hydrogen-bond donors (Lipinski definition) is 1. The largest absolute Gasteiger partial charge is 0.383 e. The fourth-order valence-electron chi connectivity index (χ4n) is 1.94.